The van der Waals surface area contributed by atoms with Gasteiger partial charge in [0, 0.05) is 0 Å². The van der Waals surface area contributed by atoms with Gasteiger partial charge in [0.1, 0.15) is 0 Å². The van der Waals surface area contributed by atoms with E-state index in [4.69, 9.17) is 4.74 Å². The number of hydrogen-bond acceptors (Lipinski definition) is 2. The Morgan fingerprint density at radius 3 is 2.44 bits per heavy atom. The Morgan fingerprint density at radius 1 is 1.25 bits per heavy atom. The highest BCUT2D eigenvalue weighted by Crippen LogP contribution is 2.37. The molecule has 1 fully saturated rings. The van der Waals surface area contributed by atoms with Crippen molar-refractivity contribution >= 4 is 5.97 Å². The molecule has 0 amide bonds. The van der Waals surface area contributed by atoms with E-state index in [1.807, 2.05) is 18.2 Å². The van der Waals surface area contributed by atoms with Crippen LogP contribution in [0.2, 0.25) is 0 Å². The molecule has 86 valence electrons. The van der Waals surface area contributed by atoms with Crippen LogP contribution in [0, 0.1) is 11.8 Å². The van der Waals surface area contributed by atoms with Crippen LogP contribution in [0.3, 0.4) is 0 Å². The third-order valence-corrected chi connectivity index (χ3v) is 3.31. The van der Waals surface area contributed by atoms with Gasteiger partial charge in [0.15, 0.2) is 0 Å². The van der Waals surface area contributed by atoms with Crippen LogP contribution in [0.5, 0.6) is 0 Å². The second kappa shape index (κ2) is 4.69. The summed E-state index contributed by atoms with van der Waals surface area (Å²) in [6, 6.07) is 10.3. The summed E-state index contributed by atoms with van der Waals surface area (Å²) in [7, 11) is 0. The average Bonchev–Trinajstić information content (AvgIpc) is 2.66. The van der Waals surface area contributed by atoms with Gasteiger partial charge in [0.05, 0.1) is 12.5 Å². The molecule has 1 heterocycles. The summed E-state index contributed by atoms with van der Waals surface area (Å²) in [6.07, 6.45) is 0.858. The molecule has 2 nitrogen and oxygen atoms in total. The molecule has 0 spiro atoms. The Hall–Kier alpha value is -1.31. The van der Waals surface area contributed by atoms with Crippen molar-refractivity contribution < 1.29 is 9.53 Å². The normalized spacial score (nSPS) is 22.2. The molecule has 0 aliphatic carbocycles. The summed E-state index contributed by atoms with van der Waals surface area (Å²) in [6.45, 7) is 4.92. The summed E-state index contributed by atoms with van der Waals surface area (Å²) in [4.78, 5) is 11.7. The van der Waals surface area contributed by atoms with Crippen LogP contribution in [0.15, 0.2) is 30.3 Å². The molecule has 2 unspecified atom stereocenters. The van der Waals surface area contributed by atoms with E-state index in [9.17, 15) is 4.79 Å². The molecule has 0 N–H and O–H groups in total. The van der Waals surface area contributed by atoms with Crippen LogP contribution in [-0.4, -0.2) is 12.6 Å². The third-order valence-electron chi connectivity index (χ3n) is 3.31. The van der Waals surface area contributed by atoms with Crippen LogP contribution in [-0.2, 0) is 9.53 Å². The molecular weight excluding hydrogens is 200 g/mol. The summed E-state index contributed by atoms with van der Waals surface area (Å²) in [5, 5.41) is 0. The van der Waals surface area contributed by atoms with Crippen molar-refractivity contribution in [1.29, 1.82) is 0 Å². The zero-order chi connectivity index (χ0) is 11.5. The lowest BCUT2D eigenvalue weighted by molar-refractivity contribution is -0.142. The minimum absolute atomic E-state index is 0.0254. The minimum atomic E-state index is -0.0254. The Bertz CT molecular complexity index is 356. The van der Waals surface area contributed by atoms with Crippen molar-refractivity contribution in [3.05, 3.63) is 35.9 Å². The van der Waals surface area contributed by atoms with E-state index >= 15 is 0 Å². The fourth-order valence-electron chi connectivity index (χ4n) is 2.59. The molecule has 1 aromatic rings. The second-order valence-corrected chi connectivity index (χ2v) is 4.74. The first-order valence-electron chi connectivity index (χ1n) is 5.91. The van der Waals surface area contributed by atoms with E-state index in [0.717, 1.165) is 6.42 Å². The zero-order valence-corrected chi connectivity index (χ0v) is 9.85. The molecule has 1 aliphatic rings. The predicted molar refractivity (Wildman–Crippen MR) is 63.1 cm³/mol. The zero-order valence-electron chi connectivity index (χ0n) is 9.85. The number of esters is 1. The summed E-state index contributed by atoms with van der Waals surface area (Å²) in [5.74, 6) is 0.763. The van der Waals surface area contributed by atoms with E-state index in [0.29, 0.717) is 12.5 Å². The SMILES string of the molecule is CC(C)C(c1ccccc1)C1CCOC1=O. The number of cyclic esters (lactones) is 1. The van der Waals surface area contributed by atoms with E-state index in [1.54, 1.807) is 0 Å². The number of rotatable bonds is 3. The first-order valence-corrected chi connectivity index (χ1v) is 5.91. The molecule has 1 aliphatic heterocycles. The Labute approximate surface area is 96.6 Å². The second-order valence-electron chi connectivity index (χ2n) is 4.74. The van der Waals surface area contributed by atoms with Gasteiger partial charge in [-0.1, -0.05) is 44.2 Å². The molecule has 2 heteroatoms. The van der Waals surface area contributed by atoms with Crippen LogP contribution in [0.4, 0.5) is 0 Å². The molecule has 1 aromatic carbocycles. The van der Waals surface area contributed by atoms with Crippen molar-refractivity contribution in [2.24, 2.45) is 11.8 Å². The summed E-state index contributed by atoms with van der Waals surface area (Å²) in [5.41, 5.74) is 1.25. The van der Waals surface area contributed by atoms with Crippen molar-refractivity contribution in [1.82, 2.24) is 0 Å². The van der Waals surface area contributed by atoms with Gasteiger partial charge in [0.25, 0.3) is 0 Å². The summed E-state index contributed by atoms with van der Waals surface area (Å²) < 4.78 is 5.08. The third kappa shape index (κ3) is 2.11. The molecule has 0 saturated carbocycles. The van der Waals surface area contributed by atoms with Crippen LogP contribution >= 0.6 is 0 Å². The molecule has 1 saturated heterocycles. The number of carbonyl (C=O) groups excluding carboxylic acids is 1. The van der Waals surface area contributed by atoms with Crippen molar-refractivity contribution in [3.8, 4) is 0 Å². The van der Waals surface area contributed by atoms with E-state index in [-0.39, 0.29) is 17.8 Å². The molecule has 2 atom stereocenters. The van der Waals surface area contributed by atoms with Crippen LogP contribution in [0.25, 0.3) is 0 Å². The molecule has 0 bridgehead atoms. The Balaban J connectivity index is 2.27. The first kappa shape index (κ1) is 11.2. The van der Waals surface area contributed by atoms with Gasteiger partial charge in [0.2, 0.25) is 0 Å². The number of hydrogen-bond donors (Lipinski definition) is 0. The van der Waals surface area contributed by atoms with Crippen LogP contribution < -0.4 is 0 Å². The van der Waals surface area contributed by atoms with Crippen molar-refractivity contribution in [2.75, 3.05) is 6.61 Å². The predicted octanol–water partition coefficient (Wildman–Crippen LogP) is 2.99. The van der Waals surface area contributed by atoms with Gasteiger partial charge in [-0.3, -0.25) is 4.79 Å². The fourth-order valence-corrected chi connectivity index (χ4v) is 2.59. The number of ether oxygens (including phenoxy) is 1. The van der Waals surface area contributed by atoms with Gasteiger partial charge >= 0.3 is 5.97 Å². The smallest absolute Gasteiger partial charge is 0.309 e. The van der Waals surface area contributed by atoms with Gasteiger partial charge in [-0.2, -0.15) is 0 Å². The quantitative estimate of drug-likeness (QED) is 0.729. The number of benzene rings is 1. The number of carbonyl (C=O) groups is 1. The molecular formula is C14H18O2. The highest BCUT2D eigenvalue weighted by Gasteiger charge is 2.36. The highest BCUT2D eigenvalue weighted by atomic mass is 16.5. The Morgan fingerprint density at radius 2 is 1.94 bits per heavy atom. The van der Waals surface area contributed by atoms with Gasteiger partial charge in [-0.25, -0.2) is 0 Å². The fraction of sp³-hybridized carbons (Fsp3) is 0.500. The topological polar surface area (TPSA) is 26.3 Å². The molecule has 16 heavy (non-hydrogen) atoms. The molecule has 2 rings (SSSR count). The molecule has 0 aromatic heterocycles. The minimum Gasteiger partial charge on any atom is -0.465 e. The maximum atomic E-state index is 11.7. The van der Waals surface area contributed by atoms with Gasteiger partial charge < -0.3 is 4.74 Å². The molecule has 0 radical (unpaired) electrons. The lowest BCUT2D eigenvalue weighted by Gasteiger charge is -2.25. The maximum absolute atomic E-state index is 11.7. The van der Waals surface area contributed by atoms with E-state index in [2.05, 4.69) is 26.0 Å². The van der Waals surface area contributed by atoms with Gasteiger partial charge in [-0.05, 0) is 23.8 Å². The van der Waals surface area contributed by atoms with Gasteiger partial charge in [-0.15, -0.1) is 0 Å². The first-order chi connectivity index (χ1) is 7.70. The lowest BCUT2D eigenvalue weighted by atomic mass is 9.78. The lowest BCUT2D eigenvalue weighted by Crippen LogP contribution is -2.22. The summed E-state index contributed by atoms with van der Waals surface area (Å²) >= 11 is 0. The maximum Gasteiger partial charge on any atom is 0.309 e. The van der Waals surface area contributed by atoms with Crippen LogP contribution in [0.1, 0.15) is 31.7 Å². The van der Waals surface area contributed by atoms with E-state index < -0.39 is 0 Å². The van der Waals surface area contributed by atoms with E-state index in [1.165, 1.54) is 5.56 Å². The monoisotopic (exact) mass is 218 g/mol. The highest BCUT2D eigenvalue weighted by molar-refractivity contribution is 5.75. The van der Waals surface area contributed by atoms with Crippen molar-refractivity contribution in [2.45, 2.75) is 26.2 Å². The largest absolute Gasteiger partial charge is 0.465 e. The average molecular weight is 218 g/mol. The van der Waals surface area contributed by atoms with Crippen molar-refractivity contribution in [3.63, 3.8) is 0 Å². The Kier molecular flexibility index (Phi) is 3.28. The standard InChI is InChI=1S/C14H18O2/c1-10(2)13(11-6-4-3-5-7-11)12-8-9-16-14(12)15/h3-7,10,12-13H,8-9H2,1-2H3.